The van der Waals surface area contributed by atoms with Crippen LogP contribution in [0.5, 0.6) is 5.75 Å². The molecule has 2 atom stereocenters. The fourth-order valence-corrected chi connectivity index (χ4v) is 5.09. The Kier molecular flexibility index (Phi) is 7.56. The number of anilines is 1. The molecule has 0 saturated carbocycles. The molecule has 2 unspecified atom stereocenters. The Morgan fingerprint density at radius 1 is 1.21 bits per heavy atom. The van der Waals surface area contributed by atoms with Crippen LogP contribution in [0, 0.1) is 0 Å². The number of hydrogen-bond acceptors (Lipinski definition) is 6. The van der Waals surface area contributed by atoms with E-state index in [2.05, 4.69) is 4.98 Å². The maximum Gasteiger partial charge on any atom is 0.341 e. The normalized spacial score (nSPS) is 15.9. The van der Waals surface area contributed by atoms with Crippen LogP contribution < -0.4 is 9.04 Å². The maximum absolute atomic E-state index is 12.3. The molecule has 0 saturated heterocycles. The number of aromatic nitrogens is 1. The number of rotatable bonds is 9. The van der Waals surface area contributed by atoms with E-state index in [0.717, 1.165) is 28.7 Å². The number of carboxylic acid groups (broad SMARTS) is 1. The lowest BCUT2D eigenvalue weighted by atomic mass is 9.87. The fraction of sp³-hybridized carbons (Fsp3) is 0.280. The summed E-state index contributed by atoms with van der Waals surface area (Å²) < 4.78 is 31.5. The third kappa shape index (κ3) is 5.27. The third-order valence-corrected chi connectivity index (χ3v) is 6.64. The largest absolute Gasteiger partial charge is 0.755 e. The number of carbonyl (C=O) groups is 1. The van der Waals surface area contributed by atoms with Gasteiger partial charge in [0.1, 0.15) is 5.75 Å². The molecule has 4 rings (SSSR count). The number of aliphatic carboxylic acids is 1. The molecule has 8 nitrogen and oxygen atoms in total. The van der Waals surface area contributed by atoms with Crippen LogP contribution in [-0.4, -0.2) is 43.1 Å². The molecule has 0 spiro atoms. The second-order valence-corrected chi connectivity index (χ2v) is 8.86. The first-order valence-corrected chi connectivity index (χ1v) is 12.0. The molecule has 0 bridgehead atoms. The maximum atomic E-state index is 12.3. The standard InChI is InChI=1S/C25H26N2O6S/c28-13-12-17-4-1-5-18(14-17)22-11-10-19(15-26-22)27(34(31)32)23-8-2-7-21-20(23)6-3-9-24(21)33-16-25(29)30/h1,3-6,9-11,14-15,23,28H,2,7-8,12-13,16H2,(H,29,30)(H,31,32)/p-1. The van der Waals surface area contributed by atoms with E-state index in [1.165, 1.54) is 4.31 Å². The van der Waals surface area contributed by atoms with E-state index >= 15 is 0 Å². The van der Waals surface area contributed by atoms with Gasteiger partial charge in [0.15, 0.2) is 6.61 Å². The number of nitrogens with zero attached hydrogens (tertiary/aromatic N) is 2. The summed E-state index contributed by atoms with van der Waals surface area (Å²) in [5.41, 5.74) is 4.66. The number of benzene rings is 2. The fourth-order valence-electron chi connectivity index (χ4n) is 4.38. The molecule has 1 aromatic heterocycles. The van der Waals surface area contributed by atoms with Crippen molar-refractivity contribution in [1.29, 1.82) is 0 Å². The summed E-state index contributed by atoms with van der Waals surface area (Å²) in [5, 5.41) is 18.1. The van der Waals surface area contributed by atoms with E-state index in [4.69, 9.17) is 9.84 Å². The topological polar surface area (TPSA) is 123 Å². The first-order valence-electron chi connectivity index (χ1n) is 11.0. The van der Waals surface area contributed by atoms with Crippen LogP contribution in [0.3, 0.4) is 0 Å². The molecule has 0 aliphatic heterocycles. The molecule has 2 N–H and O–H groups in total. The average Bonchev–Trinajstić information content (AvgIpc) is 2.83. The van der Waals surface area contributed by atoms with Gasteiger partial charge in [-0.1, -0.05) is 30.3 Å². The lowest BCUT2D eigenvalue weighted by Crippen LogP contribution is -2.33. The van der Waals surface area contributed by atoms with Crippen molar-refractivity contribution in [3.63, 3.8) is 0 Å². The van der Waals surface area contributed by atoms with E-state index < -0.39 is 29.9 Å². The van der Waals surface area contributed by atoms with Gasteiger partial charge in [-0.3, -0.25) is 13.5 Å². The van der Waals surface area contributed by atoms with E-state index in [9.17, 15) is 18.7 Å². The summed E-state index contributed by atoms with van der Waals surface area (Å²) in [4.78, 5) is 15.4. The quantitative estimate of drug-likeness (QED) is 0.449. The molecule has 178 valence electrons. The molecular formula is C25H25N2O6S-. The Morgan fingerprint density at radius 3 is 2.74 bits per heavy atom. The van der Waals surface area contributed by atoms with E-state index in [1.807, 2.05) is 30.3 Å². The molecule has 34 heavy (non-hydrogen) atoms. The van der Waals surface area contributed by atoms with Crippen molar-refractivity contribution in [3.05, 3.63) is 77.5 Å². The number of aliphatic hydroxyl groups is 1. The van der Waals surface area contributed by atoms with E-state index in [0.29, 0.717) is 36.4 Å². The van der Waals surface area contributed by atoms with Crippen molar-refractivity contribution >= 4 is 22.9 Å². The SMILES string of the molecule is O=C(O)COc1cccc2c1CCCC2N(c1ccc(-c2cccc(CCO)c2)nc1)S(=O)[O-]. The minimum Gasteiger partial charge on any atom is -0.755 e. The summed E-state index contributed by atoms with van der Waals surface area (Å²) in [6, 6.07) is 16.1. The predicted molar refractivity (Wildman–Crippen MR) is 127 cm³/mol. The third-order valence-electron chi connectivity index (χ3n) is 5.85. The molecule has 0 fully saturated rings. The zero-order valence-corrected chi connectivity index (χ0v) is 19.2. The summed E-state index contributed by atoms with van der Waals surface area (Å²) in [6.07, 6.45) is 4.13. The summed E-state index contributed by atoms with van der Waals surface area (Å²) in [7, 11) is 0. The summed E-state index contributed by atoms with van der Waals surface area (Å²) in [6.45, 7) is -0.394. The monoisotopic (exact) mass is 481 g/mol. The Balaban J connectivity index is 1.64. The van der Waals surface area contributed by atoms with E-state index in [-0.39, 0.29) is 6.61 Å². The lowest BCUT2D eigenvalue weighted by molar-refractivity contribution is -0.139. The van der Waals surface area contributed by atoms with Crippen molar-refractivity contribution in [2.75, 3.05) is 17.5 Å². The van der Waals surface area contributed by atoms with Crippen LogP contribution in [-0.2, 0) is 28.9 Å². The van der Waals surface area contributed by atoms with Crippen LogP contribution in [0.25, 0.3) is 11.3 Å². The van der Waals surface area contributed by atoms with Crippen molar-refractivity contribution < 1.29 is 28.5 Å². The average molecular weight is 482 g/mol. The number of carboxylic acids is 1. The number of aliphatic hydroxyl groups excluding tert-OH is 1. The lowest BCUT2D eigenvalue weighted by Gasteiger charge is -2.38. The van der Waals surface area contributed by atoms with Gasteiger partial charge in [-0.25, -0.2) is 4.79 Å². The zero-order chi connectivity index (χ0) is 24.1. The Hall–Kier alpha value is -3.27. The van der Waals surface area contributed by atoms with Gasteiger partial charge in [0.05, 0.1) is 23.6 Å². The van der Waals surface area contributed by atoms with Gasteiger partial charge in [0, 0.05) is 23.4 Å². The number of hydrogen-bond donors (Lipinski definition) is 2. The molecule has 0 amide bonds. The highest BCUT2D eigenvalue weighted by molar-refractivity contribution is 7.80. The van der Waals surface area contributed by atoms with Crippen LogP contribution in [0.15, 0.2) is 60.8 Å². The van der Waals surface area contributed by atoms with Crippen molar-refractivity contribution in [3.8, 4) is 17.0 Å². The van der Waals surface area contributed by atoms with Gasteiger partial charge in [-0.15, -0.1) is 0 Å². The van der Waals surface area contributed by atoms with E-state index in [1.54, 1.807) is 30.5 Å². The molecule has 2 aromatic carbocycles. The zero-order valence-electron chi connectivity index (χ0n) is 18.4. The van der Waals surface area contributed by atoms with Crippen LogP contribution >= 0.6 is 0 Å². The van der Waals surface area contributed by atoms with Gasteiger partial charge in [0.2, 0.25) is 0 Å². The highest BCUT2D eigenvalue weighted by Gasteiger charge is 2.29. The Labute approximate surface area is 200 Å². The molecule has 1 heterocycles. The van der Waals surface area contributed by atoms with Crippen molar-refractivity contribution in [2.45, 2.75) is 31.7 Å². The van der Waals surface area contributed by atoms with Gasteiger partial charge >= 0.3 is 5.97 Å². The molecule has 3 aromatic rings. The highest BCUT2D eigenvalue weighted by Crippen LogP contribution is 2.41. The minimum absolute atomic E-state index is 0.0615. The second-order valence-electron chi connectivity index (χ2n) is 8.03. The van der Waals surface area contributed by atoms with Crippen molar-refractivity contribution in [2.24, 2.45) is 0 Å². The smallest absolute Gasteiger partial charge is 0.341 e. The summed E-state index contributed by atoms with van der Waals surface area (Å²) in [5.74, 6) is -0.599. The Bertz CT molecular complexity index is 1180. The molecule has 0 radical (unpaired) electrons. The molecular weight excluding hydrogens is 456 g/mol. The second kappa shape index (κ2) is 10.8. The van der Waals surface area contributed by atoms with Gasteiger partial charge in [-0.2, -0.15) is 0 Å². The first kappa shape index (κ1) is 23.9. The van der Waals surface area contributed by atoms with Crippen molar-refractivity contribution in [1.82, 2.24) is 4.98 Å². The highest BCUT2D eigenvalue weighted by atomic mass is 32.2. The van der Waals surface area contributed by atoms with Gasteiger partial charge < -0.3 is 19.5 Å². The molecule has 9 heteroatoms. The molecule has 1 aliphatic rings. The first-order chi connectivity index (χ1) is 16.5. The summed E-state index contributed by atoms with van der Waals surface area (Å²) >= 11 is -2.55. The molecule has 1 aliphatic carbocycles. The predicted octanol–water partition coefficient (Wildman–Crippen LogP) is 3.42. The minimum atomic E-state index is -2.55. The van der Waals surface area contributed by atoms with Crippen LogP contribution in [0.1, 0.15) is 35.6 Å². The number of fused-ring (bicyclic) bond motifs is 1. The van der Waals surface area contributed by atoms with Gasteiger partial charge in [0.25, 0.3) is 0 Å². The number of pyridine rings is 1. The van der Waals surface area contributed by atoms with Crippen LogP contribution in [0.4, 0.5) is 5.69 Å². The van der Waals surface area contributed by atoms with Gasteiger partial charge in [-0.05, 0) is 66.6 Å². The number of ether oxygens (including phenoxy) is 1. The Morgan fingerprint density at radius 2 is 2.03 bits per heavy atom. The van der Waals surface area contributed by atoms with Crippen LogP contribution in [0.2, 0.25) is 0 Å².